The molecule has 0 aliphatic rings. The van der Waals surface area contributed by atoms with E-state index in [4.69, 9.17) is 0 Å². The highest BCUT2D eigenvalue weighted by Crippen LogP contribution is 2.13. The normalized spacial score (nSPS) is 10.5. The Labute approximate surface area is 70.5 Å². The highest BCUT2D eigenvalue weighted by Gasteiger charge is 1.99. The number of aromatic nitrogens is 3. The lowest BCUT2D eigenvalue weighted by atomic mass is 10.2. The van der Waals surface area contributed by atoms with Crippen LogP contribution in [-0.4, -0.2) is 15.0 Å². The molecule has 2 aromatic heterocycles. The van der Waals surface area contributed by atoms with Crippen molar-refractivity contribution in [1.29, 1.82) is 0 Å². The van der Waals surface area contributed by atoms with Gasteiger partial charge in [0.25, 0.3) is 0 Å². The van der Waals surface area contributed by atoms with Gasteiger partial charge in [0.2, 0.25) is 0 Å². The fourth-order valence-electron chi connectivity index (χ4n) is 1.28. The maximum absolute atomic E-state index is 4.29. The number of aryl methyl sites for hydroxylation is 2. The van der Waals surface area contributed by atoms with Gasteiger partial charge >= 0.3 is 0 Å². The van der Waals surface area contributed by atoms with Gasteiger partial charge in [-0.1, -0.05) is 0 Å². The fraction of sp³-hybridized carbons (Fsp3) is 0.222. The van der Waals surface area contributed by atoms with Gasteiger partial charge in [-0.05, 0) is 25.5 Å². The van der Waals surface area contributed by atoms with Crippen LogP contribution in [0.4, 0.5) is 0 Å². The number of hydrogen-bond acceptors (Lipinski definition) is 3. The van der Waals surface area contributed by atoms with E-state index in [-0.39, 0.29) is 0 Å². The van der Waals surface area contributed by atoms with Crippen LogP contribution in [0, 0.1) is 13.8 Å². The molecule has 0 amide bonds. The van der Waals surface area contributed by atoms with Gasteiger partial charge in [0.15, 0.2) is 5.65 Å². The molecule has 0 bridgehead atoms. The zero-order valence-corrected chi connectivity index (χ0v) is 7.07. The molecule has 2 rings (SSSR count). The van der Waals surface area contributed by atoms with Crippen molar-refractivity contribution in [2.45, 2.75) is 13.8 Å². The molecule has 2 heterocycles. The van der Waals surface area contributed by atoms with E-state index in [1.54, 1.807) is 6.20 Å². The minimum atomic E-state index is 0.780. The summed E-state index contributed by atoms with van der Waals surface area (Å²) < 4.78 is 0. The molecule has 0 aliphatic carbocycles. The summed E-state index contributed by atoms with van der Waals surface area (Å²) in [7, 11) is 0. The van der Waals surface area contributed by atoms with Gasteiger partial charge in [0, 0.05) is 17.3 Å². The Hall–Kier alpha value is -1.51. The largest absolute Gasteiger partial charge is 0.244 e. The van der Waals surface area contributed by atoms with Crippen molar-refractivity contribution in [2.24, 2.45) is 0 Å². The van der Waals surface area contributed by atoms with E-state index in [0.717, 1.165) is 16.7 Å². The predicted octanol–water partition coefficient (Wildman–Crippen LogP) is 1.64. The van der Waals surface area contributed by atoms with Gasteiger partial charge in [0.1, 0.15) is 6.33 Å². The predicted molar refractivity (Wildman–Crippen MR) is 46.8 cm³/mol. The molecule has 0 fully saturated rings. The van der Waals surface area contributed by atoms with Gasteiger partial charge in [-0.25, -0.2) is 15.0 Å². The van der Waals surface area contributed by atoms with Crippen molar-refractivity contribution in [2.75, 3.05) is 0 Å². The van der Waals surface area contributed by atoms with Crippen molar-refractivity contribution >= 4 is 11.0 Å². The molecule has 0 unspecified atom stereocenters. The van der Waals surface area contributed by atoms with E-state index < -0.39 is 0 Å². The summed E-state index contributed by atoms with van der Waals surface area (Å²) in [6.07, 6.45) is 3.32. The molecule has 0 saturated carbocycles. The van der Waals surface area contributed by atoms with Crippen LogP contribution in [0.3, 0.4) is 0 Å². The van der Waals surface area contributed by atoms with Crippen LogP contribution in [0.2, 0.25) is 0 Å². The lowest BCUT2D eigenvalue weighted by Gasteiger charge is -2.00. The van der Waals surface area contributed by atoms with E-state index >= 15 is 0 Å². The maximum Gasteiger partial charge on any atom is 0.162 e. The van der Waals surface area contributed by atoms with Gasteiger partial charge < -0.3 is 0 Å². The molecule has 3 heteroatoms. The number of pyridine rings is 1. The molecule has 0 aromatic carbocycles. The van der Waals surface area contributed by atoms with E-state index in [1.807, 2.05) is 19.9 Å². The molecule has 0 aliphatic heterocycles. The first kappa shape index (κ1) is 7.16. The van der Waals surface area contributed by atoms with Crippen molar-refractivity contribution in [3.05, 3.63) is 29.8 Å². The molecule has 0 spiro atoms. The third-order valence-corrected chi connectivity index (χ3v) is 1.82. The first-order chi connectivity index (χ1) is 5.77. The Morgan fingerprint density at radius 1 is 1.25 bits per heavy atom. The first-order valence-electron chi connectivity index (χ1n) is 3.81. The van der Waals surface area contributed by atoms with Crippen LogP contribution in [0.5, 0.6) is 0 Å². The molecule has 60 valence electrons. The van der Waals surface area contributed by atoms with Crippen LogP contribution in [0.1, 0.15) is 11.3 Å². The SMILES string of the molecule is Cc1cc(C)c2cncnc2n1. The smallest absolute Gasteiger partial charge is 0.162 e. The molecule has 0 saturated heterocycles. The van der Waals surface area contributed by atoms with Crippen LogP contribution < -0.4 is 0 Å². The molecule has 0 atom stereocenters. The van der Waals surface area contributed by atoms with Crippen LogP contribution in [-0.2, 0) is 0 Å². The van der Waals surface area contributed by atoms with Gasteiger partial charge in [0.05, 0.1) is 0 Å². The van der Waals surface area contributed by atoms with Crippen molar-refractivity contribution < 1.29 is 0 Å². The average Bonchev–Trinajstić information content (AvgIpc) is 2.04. The summed E-state index contributed by atoms with van der Waals surface area (Å²) in [5.74, 6) is 0. The Balaban J connectivity index is 2.89. The molecule has 0 radical (unpaired) electrons. The van der Waals surface area contributed by atoms with Gasteiger partial charge in [-0.2, -0.15) is 0 Å². The highest BCUT2D eigenvalue weighted by atomic mass is 14.9. The van der Waals surface area contributed by atoms with Crippen molar-refractivity contribution in [1.82, 2.24) is 15.0 Å². The summed E-state index contributed by atoms with van der Waals surface area (Å²) in [6.45, 7) is 4.01. The molecule has 0 N–H and O–H groups in total. The van der Waals surface area contributed by atoms with Gasteiger partial charge in [-0.3, -0.25) is 0 Å². The Bertz CT molecular complexity index is 423. The fourth-order valence-corrected chi connectivity index (χ4v) is 1.28. The second-order valence-corrected chi connectivity index (χ2v) is 2.84. The van der Waals surface area contributed by atoms with E-state index in [2.05, 4.69) is 15.0 Å². The molecule has 3 nitrogen and oxygen atoms in total. The highest BCUT2D eigenvalue weighted by molar-refractivity contribution is 5.77. The lowest BCUT2D eigenvalue weighted by molar-refractivity contribution is 1.14. The van der Waals surface area contributed by atoms with Crippen LogP contribution in [0.25, 0.3) is 11.0 Å². The number of hydrogen-bond donors (Lipinski definition) is 0. The standard InChI is InChI=1S/C9H9N3/c1-6-3-7(2)12-9-8(6)4-10-5-11-9/h3-5H,1-2H3. The Morgan fingerprint density at radius 3 is 2.92 bits per heavy atom. The number of nitrogens with zero attached hydrogens (tertiary/aromatic N) is 3. The summed E-state index contributed by atoms with van der Waals surface area (Å²) in [6, 6.07) is 2.03. The zero-order valence-electron chi connectivity index (χ0n) is 7.07. The van der Waals surface area contributed by atoms with E-state index in [1.165, 1.54) is 11.9 Å². The number of rotatable bonds is 0. The molecule has 2 aromatic rings. The van der Waals surface area contributed by atoms with E-state index in [0.29, 0.717) is 0 Å². The van der Waals surface area contributed by atoms with Crippen molar-refractivity contribution in [3.63, 3.8) is 0 Å². The van der Waals surface area contributed by atoms with E-state index in [9.17, 15) is 0 Å². The summed E-state index contributed by atoms with van der Waals surface area (Å²) in [5, 5.41) is 1.03. The summed E-state index contributed by atoms with van der Waals surface area (Å²) in [4.78, 5) is 12.3. The average molecular weight is 159 g/mol. The maximum atomic E-state index is 4.29. The second kappa shape index (κ2) is 2.52. The first-order valence-corrected chi connectivity index (χ1v) is 3.81. The minimum absolute atomic E-state index is 0.780. The molecule has 12 heavy (non-hydrogen) atoms. The molecular formula is C9H9N3. The van der Waals surface area contributed by atoms with Crippen LogP contribution in [0.15, 0.2) is 18.6 Å². The third kappa shape index (κ3) is 1.03. The van der Waals surface area contributed by atoms with Crippen molar-refractivity contribution in [3.8, 4) is 0 Å². The minimum Gasteiger partial charge on any atom is -0.244 e. The van der Waals surface area contributed by atoms with Gasteiger partial charge in [-0.15, -0.1) is 0 Å². The van der Waals surface area contributed by atoms with Crippen LogP contribution >= 0.6 is 0 Å². The Morgan fingerprint density at radius 2 is 2.08 bits per heavy atom. The zero-order chi connectivity index (χ0) is 8.55. The summed E-state index contributed by atoms with van der Waals surface area (Å²) >= 11 is 0. The lowest BCUT2D eigenvalue weighted by Crippen LogP contribution is -1.90. The third-order valence-electron chi connectivity index (χ3n) is 1.82. The second-order valence-electron chi connectivity index (χ2n) is 2.84. The Kier molecular flexibility index (Phi) is 1.50. The monoisotopic (exact) mass is 159 g/mol. The topological polar surface area (TPSA) is 38.7 Å². The molecular weight excluding hydrogens is 150 g/mol. The number of fused-ring (bicyclic) bond motifs is 1. The summed E-state index contributed by atoms with van der Waals surface area (Å²) in [5.41, 5.74) is 2.96. The quantitative estimate of drug-likeness (QED) is 0.586.